The second-order valence-electron chi connectivity index (χ2n) is 7.25. The van der Waals surface area contributed by atoms with Crippen LogP contribution < -0.4 is 5.32 Å². The standard InChI is InChI=1S/C18H29N3/c1-18(9-6-10-19-14-18)15-21-12-11-20(2)13-17(21)16-7-4-3-5-8-16/h3-5,7-8,17,19H,6,9-15H2,1-2H3. The molecule has 0 amide bonds. The van der Waals surface area contributed by atoms with Gasteiger partial charge >= 0.3 is 0 Å². The van der Waals surface area contributed by atoms with Crippen molar-refractivity contribution in [2.24, 2.45) is 5.41 Å². The summed E-state index contributed by atoms with van der Waals surface area (Å²) in [5.74, 6) is 0. The molecule has 0 aromatic heterocycles. The van der Waals surface area contributed by atoms with Crippen LogP contribution in [0.4, 0.5) is 0 Å². The fraction of sp³-hybridized carbons (Fsp3) is 0.667. The van der Waals surface area contributed by atoms with Crippen LogP contribution in [0.15, 0.2) is 30.3 Å². The van der Waals surface area contributed by atoms with E-state index in [1.54, 1.807) is 0 Å². The molecule has 2 heterocycles. The Morgan fingerprint density at radius 3 is 2.76 bits per heavy atom. The fourth-order valence-electron chi connectivity index (χ4n) is 3.88. The van der Waals surface area contributed by atoms with Crippen LogP contribution in [0.2, 0.25) is 0 Å². The van der Waals surface area contributed by atoms with Crippen LogP contribution in [0.25, 0.3) is 0 Å². The van der Waals surface area contributed by atoms with Crippen molar-refractivity contribution in [3.63, 3.8) is 0 Å². The molecule has 3 heteroatoms. The van der Waals surface area contributed by atoms with Gasteiger partial charge in [0.25, 0.3) is 0 Å². The molecule has 1 aromatic rings. The Bertz CT molecular complexity index is 439. The molecular formula is C18H29N3. The Kier molecular flexibility index (Phi) is 4.63. The van der Waals surface area contributed by atoms with Crippen LogP contribution in [0.3, 0.4) is 0 Å². The Morgan fingerprint density at radius 1 is 1.24 bits per heavy atom. The Labute approximate surface area is 129 Å². The maximum absolute atomic E-state index is 3.59. The van der Waals surface area contributed by atoms with E-state index in [0.717, 1.165) is 6.54 Å². The zero-order valence-electron chi connectivity index (χ0n) is 13.5. The first-order chi connectivity index (χ1) is 10.2. The van der Waals surface area contributed by atoms with Gasteiger partial charge in [-0.05, 0) is 37.4 Å². The monoisotopic (exact) mass is 287 g/mol. The summed E-state index contributed by atoms with van der Waals surface area (Å²) >= 11 is 0. The highest BCUT2D eigenvalue weighted by atomic mass is 15.3. The second kappa shape index (κ2) is 6.47. The first-order valence-corrected chi connectivity index (χ1v) is 8.35. The van der Waals surface area contributed by atoms with Gasteiger partial charge in [-0.15, -0.1) is 0 Å². The number of likely N-dealkylation sites (N-methyl/N-ethyl adjacent to an activating group) is 1. The lowest BCUT2D eigenvalue weighted by Gasteiger charge is -2.46. The number of nitrogens with zero attached hydrogens (tertiary/aromatic N) is 2. The van der Waals surface area contributed by atoms with Gasteiger partial charge < -0.3 is 10.2 Å². The zero-order chi connectivity index (χ0) is 14.7. The largest absolute Gasteiger partial charge is 0.316 e. The minimum atomic E-state index is 0.432. The van der Waals surface area contributed by atoms with E-state index in [9.17, 15) is 0 Å². The number of benzene rings is 1. The van der Waals surface area contributed by atoms with Gasteiger partial charge in [0.1, 0.15) is 0 Å². The summed E-state index contributed by atoms with van der Waals surface area (Å²) in [4.78, 5) is 5.19. The fourth-order valence-corrected chi connectivity index (χ4v) is 3.88. The molecule has 21 heavy (non-hydrogen) atoms. The van der Waals surface area contributed by atoms with Crippen LogP contribution in [-0.4, -0.2) is 56.1 Å². The van der Waals surface area contributed by atoms with Gasteiger partial charge in [0.2, 0.25) is 0 Å². The molecule has 116 valence electrons. The molecule has 0 radical (unpaired) electrons. The summed E-state index contributed by atoms with van der Waals surface area (Å²) < 4.78 is 0. The van der Waals surface area contributed by atoms with Gasteiger partial charge in [-0.3, -0.25) is 4.90 Å². The van der Waals surface area contributed by atoms with Crippen molar-refractivity contribution in [3.8, 4) is 0 Å². The van der Waals surface area contributed by atoms with Crippen LogP contribution in [0, 0.1) is 5.41 Å². The van der Waals surface area contributed by atoms with E-state index in [1.807, 2.05) is 0 Å². The third-order valence-corrected chi connectivity index (χ3v) is 5.15. The second-order valence-corrected chi connectivity index (χ2v) is 7.25. The number of hydrogen-bond donors (Lipinski definition) is 1. The van der Waals surface area contributed by atoms with E-state index >= 15 is 0 Å². The first kappa shape index (κ1) is 15.0. The van der Waals surface area contributed by atoms with Gasteiger partial charge in [0.15, 0.2) is 0 Å². The zero-order valence-corrected chi connectivity index (χ0v) is 13.5. The maximum Gasteiger partial charge on any atom is 0.0475 e. The molecule has 2 saturated heterocycles. The lowest BCUT2D eigenvalue weighted by Crippen LogP contribution is -2.52. The third kappa shape index (κ3) is 3.65. The number of nitrogens with one attached hydrogen (secondary N) is 1. The molecule has 0 spiro atoms. The van der Waals surface area contributed by atoms with Crippen LogP contribution in [0.5, 0.6) is 0 Å². The van der Waals surface area contributed by atoms with E-state index in [4.69, 9.17) is 0 Å². The van der Waals surface area contributed by atoms with E-state index in [1.165, 1.54) is 51.1 Å². The highest BCUT2D eigenvalue weighted by Crippen LogP contribution is 2.32. The quantitative estimate of drug-likeness (QED) is 0.921. The molecule has 3 rings (SSSR count). The molecule has 0 aliphatic carbocycles. The number of piperidine rings is 1. The summed E-state index contributed by atoms with van der Waals surface area (Å²) in [6.45, 7) is 9.56. The molecule has 2 unspecified atom stereocenters. The molecule has 0 saturated carbocycles. The normalized spacial score (nSPS) is 32.2. The van der Waals surface area contributed by atoms with Gasteiger partial charge in [-0.2, -0.15) is 0 Å². The van der Waals surface area contributed by atoms with Crippen molar-refractivity contribution in [1.82, 2.24) is 15.1 Å². The minimum absolute atomic E-state index is 0.432. The van der Waals surface area contributed by atoms with Crippen molar-refractivity contribution in [2.45, 2.75) is 25.8 Å². The SMILES string of the molecule is CN1CCN(CC2(C)CCCNC2)C(c2ccccc2)C1. The molecule has 1 aromatic carbocycles. The molecule has 0 bridgehead atoms. The maximum atomic E-state index is 3.59. The van der Waals surface area contributed by atoms with E-state index < -0.39 is 0 Å². The average molecular weight is 287 g/mol. The molecule has 3 nitrogen and oxygen atoms in total. The van der Waals surface area contributed by atoms with Gasteiger partial charge in [0.05, 0.1) is 0 Å². The Morgan fingerprint density at radius 2 is 2.05 bits per heavy atom. The molecule has 2 atom stereocenters. The highest BCUT2D eigenvalue weighted by molar-refractivity contribution is 5.20. The number of hydrogen-bond acceptors (Lipinski definition) is 3. The van der Waals surface area contributed by atoms with Crippen molar-refractivity contribution in [1.29, 1.82) is 0 Å². The summed E-state index contributed by atoms with van der Waals surface area (Å²) in [6, 6.07) is 11.6. The lowest BCUT2D eigenvalue weighted by molar-refractivity contribution is 0.0421. The lowest BCUT2D eigenvalue weighted by atomic mass is 9.81. The molecule has 2 aliphatic heterocycles. The van der Waals surface area contributed by atoms with E-state index in [0.29, 0.717) is 11.5 Å². The summed E-state index contributed by atoms with van der Waals surface area (Å²) in [7, 11) is 2.25. The predicted octanol–water partition coefficient (Wildman–Crippen LogP) is 2.36. The average Bonchev–Trinajstić information content (AvgIpc) is 2.50. The molecule has 2 aliphatic rings. The number of piperazine rings is 1. The first-order valence-electron chi connectivity index (χ1n) is 8.35. The van der Waals surface area contributed by atoms with Crippen LogP contribution in [-0.2, 0) is 0 Å². The Balaban J connectivity index is 1.75. The summed E-state index contributed by atoms with van der Waals surface area (Å²) in [6.07, 6.45) is 2.67. The van der Waals surface area contributed by atoms with Gasteiger partial charge in [-0.1, -0.05) is 37.3 Å². The summed E-state index contributed by atoms with van der Waals surface area (Å²) in [5.41, 5.74) is 1.90. The van der Waals surface area contributed by atoms with Crippen LogP contribution in [0.1, 0.15) is 31.4 Å². The molecule has 2 fully saturated rings. The van der Waals surface area contributed by atoms with Crippen molar-refractivity contribution < 1.29 is 0 Å². The summed E-state index contributed by atoms with van der Waals surface area (Å²) in [5, 5.41) is 3.59. The van der Waals surface area contributed by atoms with Crippen molar-refractivity contribution in [2.75, 3.05) is 46.3 Å². The minimum Gasteiger partial charge on any atom is -0.316 e. The van der Waals surface area contributed by atoms with Crippen molar-refractivity contribution >= 4 is 0 Å². The third-order valence-electron chi connectivity index (χ3n) is 5.15. The highest BCUT2D eigenvalue weighted by Gasteiger charge is 2.34. The van der Waals surface area contributed by atoms with Crippen molar-refractivity contribution in [3.05, 3.63) is 35.9 Å². The molecular weight excluding hydrogens is 258 g/mol. The van der Waals surface area contributed by atoms with E-state index in [2.05, 4.69) is 59.4 Å². The number of rotatable bonds is 3. The van der Waals surface area contributed by atoms with Gasteiger partial charge in [0, 0.05) is 38.8 Å². The van der Waals surface area contributed by atoms with Crippen LogP contribution >= 0.6 is 0 Å². The molecule has 1 N–H and O–H groups in total. The van der Waals surface area contributed by atoms with Gasteiger partial charge in [-0.25, -0.2) is 0 Å². The smallest absolute Gasteiger partial charge is 0.0475 e. The van der Waals surface area contributed by atoms with E-state index in [-0.39, 0.29) is 0 Å². The topological polar surface area (TPSA) is 18.5 Å². The predicted molar refractivity (Wildman–Crippen MR) is 88.5 cm³/mol. The Hall–Kier alpha value is -0.900.